The Hall–Kier alpha value is -1.25. The van der Waals surface area contributed by atoms with Crippen molar-refractivity contribution in [3.05, 3.63) is 34.3 Å². The Morgan fingerprint density at radius 3 is 3.00 bits per heavy atom. The Bertz CT molecular complexity index is 336. The molecule has 0 saturated carbocycles. The molecule has 14 heavy (non-hydrogen) atoms. The third-order valence-corrected chi connectivity index (χ3v) is 2.20. The molecule has 0 bridgehead atoms. The summed E-state index contributed by atoms with van der Waals surface area (Å²) in [4.78, 5) is 0. The number of nitrogens with zero attached hydrogens (tertiary/aromatic N) is 2. The molecule has 1 aliphatic heterocycles. The van der Waals surface area contributed by atoms with E-state index in [9.17, 15) is 10.4 Å². The number of allylic oxidation sites excluding steroid dienone is 1. The predicted molar refractivity (Wildman–Crippen MR) is 46.7 cm³/mol. The Balaban J connectivity index is 2.28. The number of quaternary nitrogens is 2. The number of rotatable bonds is 1. The van der Waals surface area contributed by atoms with Gasteiger partial charge < -0.3 is 10.4 Å². The quantitative estimate of drug-likeness (QED) is 0.313. The van der Waals surface area contributed by atoms with E-state index in [0.717, 1.165) is 0 Å². The first kappa shape index (κ1) is 9.31. The van der Waals surface area contributed by atoms with Gasteiger partial charge in [0.1, 0.15) is 5.71 Å². The molecule has 2 aliphatic rings. The first-order valence-corrected chi connectivity index (χ1v) is 4.09. The van der Waals surface area contributed by atoms with Crippen LogP contribution in [0.3, 0.4) is 0 Å². The molecular formula is C7H10N4O3. The van der Waals surface area contributed by atoms with Gasteiger partial charge in [0, 0.05) is 12.2 Å². The van der Waals surface area contributed by atoms with E-state index in [-0.39, 0.29) is 10.9 Å². The third kappa shape index (κ3) is 1.33. The summed E-state index contributed by atoms with van der Waals surface area (Å²) in [6.45, 7) is 0. The summed E-state index contributed by atoms with van der Waals surface area (Å²) >= 11 is 0. The maximum Gasteiger partial charge on any atom is 0.180 e. The van der Waals surface area contributed by atoms with E-state index in [4.69, 9.17) is 5.21 Å². The number of nitrogens with one attached hydrogen (secondary N) is 2. The molecule has 1 aliphatic carbocycles. The molecule has 0 aromatic rings. The van der Waals surface area contributed by atoms with Gasteiger partial charge in [-0.1, -0.05) is 0 Å². The van der Waals surface area contributed by atoms with Crippen molar-refractivity contribution in [1.29, 1.82) is 0 Å². The van der Waals surface area contributed by atoms with Crippen LogP contribution in [0.1, 0.15) is 0 Å². The van der Waals surface area contributed by atoms with Gasteiger partial charge >= 0.3 is 0 Å². The van der Waals surface area contributed by atoms with E-state index in [1.165, 1.54) is 17.3 Å². The highest BCUT2D eigenvalue weighted by Crippen LogP contribution is 2.06. The fourth-order valence-electron chi connectivity index (χ4n) is 1.46. The van der Waals surface area contributed by atoms with E-state index >= 15 is 0 Å². The van der Waals surface area contributed by atoms with Crippen molar-refractivity contribution < 1.29 is 15.6 Å². The maximum absolute atomic E-state index is 11.4. The van der Waals surface area contributed by atoms with Crippen molar-refractivity contribution in [2.45, 2.75) is 6.04 Å². The van der Waals surface area contributed by atoms with Crippen molar-refractivity contribution in [1.82, 2.24) is 5.12 Å². The molecule has 3 atom stereocenters. The largest absolute Gasteiger partial charge is 0.606 e. The van der Waals surface area contributed by atoms with Crippen LogP contribution in [0.4, 0.5) is 0 Å². The first-order chi connectivity index (χ1) is 6.59. The highest BCUT2D eigenvalue weighted by molar-refractivity contribution is 6.01. The second kappa shape index (κ2) is 3.15. The molecule has 76 valence electrons. The zero-order valence-corrected chi connectivity index (χ0v) is 7.47. The van der Waals surface area contributed by atoms with Crippen LogP contribution in [0.25, 0.3) is 0 Å². The highest BCUT2D eigenvalue weighted by Gasteiger charge is 2.32. The third-order valence-electron chi connectivity index (χ3n) is 2.20. The highest BCUT2D eigenvalue weighted by atomic mass is 16.8. The lowest BCUT2D eigenvalue weighted by Gasteiger charge is -2.27. The van der Waals surface area contributed by atoms with Gasteiger partial charge in [-0.25, -0.2) is 10.4 Å². The van der Waals surface area contributed by atoms with Crippen molar-refractivity contribution in [3.63, 3.8) is 0 Å². The topological polar surface area (TPSA) is 90.8 Å². The molecule has 0 saturated heterocycles. The monoisotopic (exact) mass is 198 g/mol. The standard InChI is InChI=1S/C7H10N4O3/c1-9-8-6-3-2-5(11(13)14)4-7(6)10(9)12/h2-4,7,10-11,13H,1H3. The number of hydrogen-bond acceptors (Lipinski definition) is 5. The molecule has 3 N–H and O–H groups in total. The molecule has 0 fully saturated rings. The zero-order valence-electron chi connectivity index (χ0n) is 7.47. The van der Waals surface area contributed by atoms with Gasteiger partial charge in [-0.15, -0.1) is 10.2 Å². The molecule has 7 heteroatoms. The average molecular weight is 198 g/mol. The molecule has 0 aromatic heterocycles. The van der Waals surface area contributed by atoms with Crippen molar-refractivity contribution in [3.8, 4) is 0 Å². The van der Waals surface area contributed by atoms with Gasteiger partial charge in [0.15, 0.2) is 11.7 Å². The normalized spacial score (nSPS) is 32.4. The van der Waals surface area contributed by atoms with Crippen LogP contribution in [0, 0.1) is 10.4 Å². The van der Waals surface area contributed by atoms with Crippen LogP contribution < -0.4 is 10.4 Å². The van der Waals surface area contributed by atoms with E-state index in [2.05, 4.69) is 5.10 Å². The van der Waals surface area contributed by atoms with Crippen molar-refractivity contribution in [2.75, 3.05) is 7.05 Å². The first-order valence-electron chi connectivity index (χ1n) is 4.09. The fraction of sp³-hybridized carbons (Fsp3) is 0.286. The number of hydroxylamine groups is 3. The van der Waals surface area contributed by atoms with Crippen LogP contribution in [0.5, 0.6) is 0 Å². The SMILES string of the molecule is CN1N=C2C=CC([NH+]([O-])O)=CC2[NH+]1[O-]. The minimum Gasteiger partial charge on any atom is -0.606 e. The summed E-state index contributed by atoms with van der Waals surface area (Å²) in [5.74, 6) is 0. The molecule has 0 aromatic carbocycles. The predicted octanol–water partition coefficient (Wildman–Crippen LogP) is -2.82. The van der Waals surface area contributed by atoms with E-state index in [0.29, 0.717) is 5.71 Å². The Labute approximate surface area is 79.9 Å². The summed E-state index contributed by atoms with van der Waals surface area (Å²) in [5.41, 5.74) is 0.736. The Morgan fingerprint density at radius 1 is 1.64 bits per heavy atom. The number of fused-ring (bicyclic) bond motifs is 1. The van der Waals surface area contributed by atoms with E-state index in [1.54, 1.807) is 13.1 Å². The zero-order chi connectivity index (χ0) is 10.3. The van der Waals surface area contributed by atoms with E-state index < -0.39 is 11.3 Å². The minimum absolute atomic E-state index is 0.137. The van der Waals surface area contributed by atoms with Crippen LogP contribution in [-0.2, 0) is 0 Å². The Morgan fingerprint density at radius 2 is 2.36 bits per heavy atom. The fourth-order valence-corrected chi connectivity index (χ4v) is 1.46. The van der Waals surface area contributed by atoms with Crippen LogP contribution in [-0.4, -0.2) is 29.1 Å². The molecule has 1 heterocycles. The second-order valence-electron chi connectivity index (χ2n) is 3.12. The summed E-state index contributed by atoms with van der Waals surface area (Å²) in [5, 5.41) is 34.8. The van der Waals surface area contributed by atoms with Crippen molar-refractivity contribution in [2.24, 2.45) is 5.10 Å². The van der Waals surface area contributed by atoms with E-state index in [1.807, 2.05) is 0 Å². The molecule has 0 radical (unpaired) electrons. The molecule has 0 amide bonds. The van der Waals surface area contributed by atoms with Gasteiger partial charge in [0.05, 0.1) is 7.05 Å². The molecule has 7 nitrogen and oxygen atoms in total. The Kier molecular flexibility index (Phi) is 2.10. The van der Waals surface area contributed by atoms with Crippen LogP contribution in [0.2, 0.25) is 0 Å². The maximum atomic E-state index is 11.4. The van der Waals surface area contributed by atoms with Gasteiger partial charge in [0.2, 0.25) is 0 Å². The lowest BCUT2D eigenvalue weighted by molar-refractivity contribution is -1.01. The van der Waals surface area contributed by atoms with Gasteiger partial charge in [-0.3, -0.25) is 0 Å². The molecular weight excluding hydrogens is 188 g/mol. The summed E-state index contributed by atoms with van der Waals surface area (Å²) in [7, 11) is 1.55. The van der Waals surface area contributed by atoms with Gasteiger partial charge in [-0.05, 0) is 6.08 Å². The molecule has 2 rings (SSSR count). The summed E-state index contributed by atoms with van der Waals surface area (Å²) in [6.07, 6.45) is 4.44. The lowest BCUT2D eigenvalue weighted by Crippen LogP contribution is -3.15. The smallest absolute Gasteiger partial charge is 0.180 e. The summed E-state index contributed by atoms with van der Waals surface area (Å²) in [6, 6.07) is -0.518. The average Bonchev–Trinajstić information content (AvgIpc) is 2.43. The minimum atomic E-state index is -1.03. The number of hydrazone groups is 1. The van der Waals surface area contributed by atoms with Crippen molar-refractivity contribution >= 4 is 5.71 Å². The lowest BCUT2D eigenvalue weighted by atomic mass is 10.1. The van der Waals surface area contributed by atoms with Crippen LogP contribution in [0.15, 0.2) is 29.0 Å². The molecule has 0 spiro atoms. The second-order valence-corrected chi connectivity index (χ2v) is 3.12. The van der Waals surface area contributed by atoms with Crippen LogP contribution >= 0.6 is 0 Å². The summed E-state index contributed by atoms with van der Waals surface area (Å²) < 4.78 is 0. The molecule has 3 unspecified atom stereocenters. The van der Waals surface area contributed by atoms with Gasteiger partial charge in [0.25, 0.3) is 0 Å². The van der Waals surface area contributed by atoms with Gasteiger partial charge in [-0.2, -0.15) is 5.23 Å². The number of hydrogen-bond donors (Lipinski definition) is 3.